The normalized spacial score (nSPS) is 10.9. The Morgan fingerprint density at radius 2 is 1.79 bits per heavy atom. The predicted molar refractivity (Wildman–Crippen MR) is 106 cm³/mol. The summed E-state index contributed by atoms with van der Waals surface area (Å²) in [6.07, 6.45) is 0. The number of nitrogens with zero attached hydrogens (tertiary/aromatic N) is 3. The van der Waals surface area contributed by atoms with Crippen LogP contribution in [0.5, 0.6) is 11.5 Å². The summed E-state index contributed by atoms with van der Waals surface area (Å²) in [5, 5.41) is 6.48. The highest BCUT2D eigenvalue weighted by Crippen LogP contribution is 2.31. The van der Waals surface area contributed by atoms with Gasteiger partial charge in [-0.25, -0.2) is 14.2 Å². The van der Waals surface area contributed by atoms with E-state index in [0.717, 1.165) is 10.6 Å². The van der Waals surface area contributed by atoms with E-state index in [0.29, 0.717) is 28.6 Å². The number of hydrogen-bond acceptors (Lipinski definition) is 7. The SMILES string of the molecule is COc1ccc(-c2noc(=O)n2Cc2csc(-c3ccc(F)cc3)n2)cc1OC. The molecular formula is C20H16FN3O4S. The minimum Gasteiger partial charge on any atom is -0.493 e. The molecule has 0 aliphatic carbocycles. The number of hydrogen-bond donors (Lipinski definition) is 0. The zero-order valence-electron chi connectivity index (χ0n) is 15.6. The molecule has 0 saturated heterocycles. The second-order valence-corrected chi connectivity index (χ2v) is 6.94. The molecule has 4 aromatic rings. The van der Waals surface area contributed by atoms with Crippen LogP contribution in [0.15, 0.2) is 57.2 Å². The molecule has 0 atom stereocenters. The second kappa shape index (κ2) is 7.88. The number of thiazole rings is 1. The van der Waals surface area contributed by atoms with Gasteiger partial charge in [0.1, 0.15) is 10.8 Å². The molecule has 148 valence electrons. The van der Waals surface area contributed by atoms with Crippen LogP contribution in [0.4, 0.5) is 4.39 Å². The number of aromatic nitrogens is 3. The fourth-order valence-electron chi connectivity index (χ4n) is 2.86. The van der Waals surface area contributed by atoms with Gasteiger partial charge in [0.25, 0.3) is 0 Å². The highest BCUT2D eigenvalue weighted by atomic mass is 32.1. The smallest absolute Gasteiger partial charge is 0.442 e. The van der Waals surface area contributed by atoms with Gasteiger partial charge >= 0.3 is 5.76 Å². The molecule has 4 rings (SSSR count). The number of benzene rings is 2. The van der Waals surface area contributed by atoms with Gasteiger partial charge in [0, 0.05) is 16.5 Å². The minimum atomic E-state index is -0.592. The summed E-state index contributed by atoms with van der Waals surface area (Å²) in [5.74, 6) is 0.538. The van der Waals surface area contributed by atoms with E-state index in [9.17, 15) is 9.18 Å². The van der Waals surface area contributed by atoms with Gasteiger partial charge in [0.15, 0.2) is 17.3 Å². The van der Waals surface area contributed by atoms with E-state index < -0.39 is 5.76 Å². The first-order valence-electron chi connectivity index (χ1n) is 8.58. The van der Waals surface area contributed by atoms with Crippen molar-refractivity contribution in [2.24, 2.45) is 0 Å². The van der Waals surface area contributed by atoms with Gasteiger partial charge in [-0.15, -0.1) is 11.3 Å². The highest BCUT2D eigenvalue weighted by molar-refractivity contribution is 7.13. The third-order valence-electron chi connectivity index (χ3n) is 4.29. The molecule has 7 nitrogen and oxygen atoms in total. The second-order valence-electron chi connectivity index (χ2n) is 6.08. The van der Waals surface area contributed by atoms with Crippen LogP contribution in [-0.2, 0) is 6.54 Å². The van der Waals surface area contributed by atoms with E-state index in [4.69, 9.17) is 14.0 Å². The number of methoxy groups -OCH3 is 2. The van der Waals surface area contributed by atoms with Crippen LogP contribution in [0.2, 0.25) is 0 Å². The van der Waals surface area contributed by atoms with Crippen molar-refractivity contribution in [2.75, 3.05) is 14.2 Å². The molecule has 0 spiro atoms. The van der Waals surface area contributed by atoms with Gasteiger partial charge in [0.05, 0.1) is 26.5 Å². The minimum absolute atomic E-state index is 0.184. The van der Waals surface area contributed by atoms with Crippen molar-refractivity contribution in [1.82, 2.24) is 14.7 Å². The van der Waals surface area contributed by atoms with Crippen molar-refractivity contribution in [3.8, 4) is 33.5 Å². The fraction of sp³-hybridized carbons (Fsp3) is 0.150. The Kier molecular flexibility index (Phi) is 5.13. The van der Waals surface area contributed by atoms with Crippen molar-refractivity contribution >= 4 is 11.3 Å². The number of ether oxygens (including phenoxy) is 2. The molecule has 0 amide bonds. The summed E-state index contributed by atoms with van der Waals surface area (Å²) < 4.78 is 29.9. The van der Waals surface area contributed by atoms with Crippen molar-refractivity contribution in [1.29, 1.82) is 0 Å². The van der Waals surface area contributed by atoms with E-state index in [2.05, 4.69) is 10.1 Å². The molecule has 0 aliphatic rings. The molecule has 0 saturated carbocycles. The molecule has 2 aromatic heterocycles. The lowest BCUT2D eigenvalue weighted by Gasteiger charge is -2.09. The lowest BCUT2D eigenvalue weighted by atomic mass is 10.2. The van der Waals surface area contributed by atoms with Crippen LogP contribution in [-0.4, -0.2) is 28.9 Å². The molecule has 0 radical (unpaired) electrons. The maximum Gasteiger partial charge on any atom is 0.442 e. The summed E-state index contributed by atoms with van der Waals surface area (Å²) in [4.78, 5) is 16.8. The van der Waals surface area contributed by atoms with Crippen molar-refractivity contribution < 1.29 is 18.4 Å². The third-order valence-corrected chi connectivity index (χ3v) is 5.23. The van der Waals surface area contributed by atoms with E-state index in [-0.39, 0.29) is 12.4 Å². The molecule has 2 heterocycles. The summed E-state index contributed by atoms with van der Waals surface area (Å²) in [5.41, 5.74) is 2.12. The van der Waals surface area contributed by atoms with Crippen LogP contribution in [0.25, 0.3) is 22.0 Å². The van der Waals surface area contributed by atoms with Gasteiger partial charge in [-0.1, -0.05) is 5.16 Å². The first kappa shape index (κ1) is 18.9. The van der Waals surface area contributed by atoms with Crippen LogP contribution >= 0.6 is 11.3 Å². The zero-order valence-corrected chi connectivity index (χ0v) is 16.4. The summed E-state index contributed by atoms with van der Waals surface area (Å²) in [6, 6.07) is 11.3. The van der Waals surface area contributed by atoms with Gasteiger partial charge in [-0.3, -0.25) is 9.09 Å². The quantitative estimate of drug-likeness (QED) is 0.478. The lowest BCUT2D eigenvalue weighted by molar-refractivity contribution is 0.355. The molecule has 9 heteroatoms. The van der Waals surface area contributed by atoms with Gasteiger partial charge < -0.3 is 9.47 Å². The number of rotatable bonds is 6. The van der Waals surface area contributed by atoms with E-state index in [1.807, 2.05) is 5.38 Å². The van der Waals surface area contributed by atoms with Crippen LogP contribution < -0.4 is 15.2 Å². The summed E-state index contributed by atoms with van der Waals surface area (Å²) >= 11 is 1.41. The predicted octanol–water partition coefficient (Wildman–Crippen LogP) is 3.83. The highest BCUT2D eigenvalue weighted by Gasteiger charge is 2.17. The molecule has 0 bridgehead atoms. The van der Waals surface area contributed by atoms with E-state index in [1.165, 1.54) is 35.1 Å². The molecule has 2 aromatic carbocycles. The molecular weight excluding hydrogens is 397 g/mol. The van der Waals surface area contributed by atoms with Crippen LogP contribution in [0.3, 0.4) is 0 Å². The van der Waals surface area contributed by atoms with Gasteiger partial charge in [-0.05, 0) is 42.5 Å². The Morgan fingerprint density at radius 1 is 1.07 bits per heavy atom. The van der Waals surface area contributed by atoms with Gasteiger partial charge in [-0.2, -0.15) is 0 Å². The molecule has 0 N–H and O–H groups in total. The summed E-state index contributed by atoms with van der Waals surface area (Å²) in [6.45, 7) is 0.184. The summed E-state index contributed by atoms with van der Waals surface area (Å²) in [7, 11) is 3.08. The maximum absolute atomic E-state index is 13.1. The standard InChI is InChI=1S/C20H16FN3O4S/c1-26-16-8-5-13(9-17(16)27-2)18-23-28-20(25)24(18)10-15-11-29-19(22-15)12-3-6-14(21)7-4-12/h3-9,11H,10H2,1-2H3. The monoisotopic (exact) mass is 413 g/mol. The van der Waals surface area contributed by atoms with E-state index in [1.54, 1.807) is 37.4 Å². The van der Waals surface area contributed by atoms with Crippen LogP contribution in [0.1, 0.15) is 5.69 Å². The van der Waals surface area contributed by atoms with Crippen molar-refractivity contribution in [2.45, 2.75) is 6.54 Å². The van der Waals surface area contributed by atoms with Gasteiger partial charge in [0.2, 0.25) is 0 Å². The first-order chi connectivity index (χ1) is 14.1. The van der Waals surface area contributed by atoms with Crippen LogP contribution in [0, 0.1) is 5.82 Å². The molecule has 0 aliphatic heterocycles. The average Bonchev–Trinajstić information content (AvgIpc) is 3.35. The van der Waals surface area contributed by atoms with Crippen molar-refractivity contribution in [3.63, 3.8) is 0 Å². The first-order valence-corrected chi connectivity index (χ1v) is 9.46. The number of halogens is 1. The zero-order chi connectivity index (χ0) is 20.4. The molecule has 0 unspecified atom stereocenters. The molecule has 29 heavy (non-hydrogen) atoms. The fourth-order valence-corrected chi connectivity index (χ4v) is 3.67. The van der Waals surface area contributed by atoms with E-state index >= 15 is 0 Å². The Balaban J connectivity index is 1.65. The molecule has 0 fully saturated rings. The Bertz CT molecular complexity index is 1200. The lowest BCUT2D eigenvalue weighted by Crippen LogP contribution is -2.16. The maximum atomic E-state index is 13.1. The van der Waals surface area contributed by atoms with Crippen molar-refractivity contribution in [3.05, 3.63) is 69.9 Å². The third kappa shape index (κ3) is 3.77. The Hall–Kier alpha value is -3.46. The Morgan fingerprint density at radius 3 is 2.52 bits per heavy atom. The Labute approximate surface area is 169 Å². The topological polar surface area (TPSA) is 79.4 Å². The average molecular weight is 413 g/mol. The largest absolute Gasteiger partial charge is 0.493 e.